The van der Waals surface area contributed by atoms with Crippen molar-refractivity contribution in [2.45, 2.75) is 31.7 Å². The molecule has 1 aromatic rings. The molecule has 0 bridgehead atoms. The van der Waals surface area contributed by atoms with Gasteiger partial charge in [-0.1, -0.05) is 6.42 Å². The van der Waals surface area contributed by atoms with Crippen molar-refractivity contribution in [2.24, 2.45) is 11.7 Å². The third-order valence-corrected chi connectivity index (χ3v) is 3.99. The van der Waals surface area contributed by atoms with Gasteiger partial charge in [0.1, 0.15) is 0 Å². The first-order valence-corrected chi connectivity index (χ1v) is 6.74. The highest BCUT2D eigenvalue weighted by atomic mass is 35.5. The highest BCUT2D eigenvalue weighted by Gasteiger charge is 2.27. The van der Waals surface area contributed by atoms with Gasteiger partial charge in [0.05, 0.1) is 6.42 Å². The standard InChI is InChI=1S/C12H18N2OS.ClH/c13-7-10-2-1-3-11(10)14-12(15)6-9-4-5-16-8-9;/h4-5,8,10-11H,1-3,6-7,13H2,(H,14,15);1H. The van der Waals surface area contributed by atoms with Crippen molar-refractivity contribution in [3.05, 3.63) is 22.4 Å². The molecule has 2 unspecified atom stereocenters. The molecule has 0 spiro atoms. The first-order chi connectivity index (χ1) is 7.79. The number of hydrogen-bond donors (Lipinski definition) is 2. The van der Waals surface area contributed by atoms with Gasteiger partial charge in [-0.3, -0.25) is 4.79 Å². The van der Waals surface area contributed by atoms with E-state index in [2.05, 4.69) is 5.32 Å². The van der Waals surface area contributed by atoms with Gasteiger partial charge in [0.25, 0.3) is 0 Å². The summed E-state index contributed by atoms with van der Waals surface area (Å²) in [7, 11) is 0. The van der Waals surface area contributed by atoms with Gasteiger partial charge in [0.2, 0.25) is 5.91 Å². The average molecular weight is 275 g/mol. The number of nitrogens with one attached hydrogen (secondary N) is 1. The monoisotopic (exact) mass is 274 g/mol. The number of halogens is 1. The highest BCUT2D eigenvalue weighted by Crippen LogP contribution is 2.24. The van der Waals surface area contributed by atoms with Crippen LogP contribution in [-0.2, 0) is 11.2 Å². The predicted molar refractivity (Wildman–Crippen MR) is 73.6 cm³/mol. The van der Waals surface area contributed by atoms with Crippen LogP contribution in [0.2, 0.25) is 0 Å². The van der Waals surface area contributed by atoms with Gasteiger partial charge in [-0.05, 0) is 47.7 Å². The molecule has 0 radical (unpaired) electrons. The van der Waals surface area contributed by atoms with E-state index in [1.807, 2.05) is 16.8 Å². The van der Waals surface area contributed by atoms with Gasteiger partial charge in [0, 0.05) is 6.04 Å². The summed E-state index contributed by atoms with van der Waals surface area (Å²) in [6.07, 6.45) is 3.92. The molecule has 17 heavy (non-hydrogen) atoms. The maximum atomic E-state index is 11.8. The summed E-state index contributed by atoms with van der Waals surface area (Å²) in [5.41, 5.74) is 6.79. The van der Waals surface area contributed by atoms with Crippen LogP contribution in [0.1, 0.15) is 24.8 Å². The summed E-state index contributed by atoms with van der Waals surface area (Å²) in [5, 5.41) is 7.13. The number of amides is 1. The molecule has 1 saturated carbocycles. The van der Waals surface area contributed by atoms with Crippen molar-refractivity contribution >= 4 is 29.7 Å². The number of hydrogen-bond acceptors (Lipinski definition) is 3. The Morgan fingerprint density at radius 2 is 2.35 bits per heavy atom. The van der Waals surface area contributed by atoms with Crippen molar-refractivity contribution in [3.63, 3.8) is 0 Å². The lowest BCUT2D eigenvalue weighted by molar-refractivity contribution is -0.121. The van der Waals surface area contributed by atoms with E-state index in [-0.39, 0.29) is 18.3 Å². The molecule has 96 valence electrons. The molecule has 3 nitrogen and oxygen atoms in total. The van der Waals surface area contributed by atoms with E-state index >= 15 is 0 Å². The fourth-order valence-electron chi connectivity index (χ4n) is 2.35. The molecule has 0 aromatic carbocycles. The maximum absolute atomic E-state index is 11.8. The Kier molecular flexibility index (Phi) is 5.95. The lowest BCUT2D eigenvalue weighted by Crippen LogP contribution is -2.40. The Morgan fingerprint density at radius 3 is 3.00 bits per heavy atom. The molecular formula is C12H19ClN2OS. The lowest BCUT2D eigenvalue weighted by Gasteiger charge is -2.19. The number of thiophene rings is 1. The first-order valence-electron chi connectivity index (χ1n) is 5.80. The zero-order chi connectivity index (χ0) is 11.4. The number of carbonyl (C=O) groups is 1. The molecule has 1 heterocycles. The summed E-state index contributed by atoms with van der Waals surface area (Å²) in [4.78, 5) is 11.8. The molecule has 1 fully saturated rings. The average Bonchev–Trinajstić information content (AvgIpc) is 2.88. The molecule has 1 amide bonds. The first kappa shape index (κ1) is 14.5. The van der Waals surface area contributed by atoms with Crippen LogP contribution in [0.4, 0.5) is 0 Å². The van der Waals surface area contributed by atoms with Crippen LogP contribution in [-0.4, -0.2) is 18.5 Å². The smallest absolute Gasteiger partial charge is 0.224 e. The Bertz CT molecular complexity index is 342. The number of carbonyl (C=O) groups excluding carboxylic acids is 1. The van der Waals surface area contributed by atoms with Crippen molar-refractivity contribution in [2.75, 3.05) is 6.54 Å². The van der Waals surface area contributed by atoms with E-state index in [0.29, 0.717) is 24.9 Å². The molecule has 2 rings (SSSR count). The van der Waals surface area contributed by atoms with Crippen molar-refractivity contribution < 1.29 is 4.79 Å². The van der Waals surface area contributed by atoms with Crippen LogP contribution in [0.15, 0.2) is 16.8 Å². The van der Waals surface area contributed by atoms with Gasteiger partial charge in [0.15, 0.2) is 0 Å². The largest absolute Gasteiger partial charge is 0.353 e. The second-order valence-corrected chi connectivity index (χ2v) is 5.19. The van der Waals surface area contributed by atoms with Gasteiger partial charge in [-0.2, -0.15) is 11.3 Å². The fraction of sp³-hybridized carbons (Fsp3) is 0.583. The molecule has 3 N–H and O–H groups in total. The van der Waals surface area contributed by atoms with Crippen molar-refractivity contribution in [3.8, 4) is 0 Å². The van der Waals surface area contributed by atoms with E-state index in [1.165, 1.54) is 6.42 Å². The normalized spacial score (nSPS) is 23.1. The Hall–Kier alpha value is -0.580. The minimum absolute atomic E-state index is 0. The van der Waals surface area contributed by atoms with Crippen LogP contribution < -0.4 is 11.1 Å². The molecule has 5 heteroatoms. The van der Waals surface area contributed by atoms with Gasteiger partial charge < -0.3 is 11.1 Å². The van der Waals surface area contributed by atoms with Gasteiger partial charge in [-0.25, -0.2) is 0 Å². The van der Waals surface area contributed by atoms with Crippen LogP contribution in [0.25, 0.3) is 0 Å². The Labute approximate surface area is 112 Å². The van der Waals surface area contributed by atoms with Crippen molar-refractivity contribution in [1.82, 2.24) is 5.32 Å². The van der Waals surface area contributed by atoms with Crippen LogP contribution in [0, 0.1) is 5.92 Å². The van der Waals surface area contributed by atoms with E-state index in [1.54, 1.807) is 11.3 Å². The molecule has 1 aromatic heterocycles. The molecule has 0 saturated heterocycles. The Balaban J connectivity index is 0.00000144. The van der Waals surface area contributed by atoms with Crippen LogP contribution >= 0.6 is 23.7 Å². The maximum Gasteiger partial charge on any atom is 0.224 e. The second kappa shape index (κ2) is 6.99. The number of rotatable bonds is 4. The second-order valence-electron chi connectivity index (χ2n) is 4.41. The predicted octanol–water partition coefficient (Wildman–Crippen LogP) is 1.96. The Morgan fingerprint density at radius 1 is 1.53 bits per heavy atom. The molecule has 1 aliphatic carbocycles. The quantitative estimate of drug-likeness (QED) is 0.882. The van der Waals surface area contributed by atoms with Crippen LogP contribution in [0.5, 0.6) is 0 Å². The third-order valence-electron chi connectivity index (χ3n) is 3.25. The molecular weight excluding hydrogens is 256 g/mol. The molecule has 2 atom stereocenters. The zero-order valence-corrected chi connectivity index (χ0v) is 11.4. The summed E-state index contributed by atoms with van der Waals surface area (Å²) in [6, 6.07) is 2.30. The number of nitrogens with two attached hydrogens (primary N) is 1. The van der Waals surface area contributed by atoms with E-state index < -0.39 is 0 Å². The highest BCUT2D eigenvalue weighted by molar-refractivity contribution is 7.07. The van der Waals surface area contributed by atoms with E-state index in [0.717, 1.165) is 18.4 Å². The van der Waals surface area contributed by atoms with Crippen molar-refractivity contribution in [1.29, 1.82) is 0 Å². The zero-order valence-electron chi connectivity index (χ0n) is 9.72. The topological polar surface area (TPSA) is 55.1 Å². The summed E-state index contributed by atoms with van der Waals surface area (Å²) in [5.74, 6) is 0.607. The van der Waals surface area contributed by atoms with Gasteiger partial charge >= 0.3 is 0 Å². The van der Waals surface area contributed by atoms with Gasteiger partial charge in [-0.15, -0.1) is 12.4 Å². The fourth-order valence-corrected chi connectivity index (χ4v) is 3.01. The summed E-state index contributed by atoms with van der Waals surface area (Å²) < 4.78 is 0. The van der Waals surface area contributed by atoms with E-state index in [4.69, 9.17) is 5.73 Å². The molecule has 1 aliphatic rings. The minimum Gasteiger partial charge on any atom is -0.353 e. The summed E-state index contributed by atoms with van der Waals surface area (Å²) in [6.45, 7) is 0.684. The lowest BCUT2D eigenvalue weighted by atomic mass is 10.0. The van der Waals surface area contributed by atoms with Crippen LogP contribution in [0.3, 0.4) is 0 Å². The SMILES string of the molecule is Cl.NCC1CCCC1NC(=O)Cc1ccsc1. The van der Waals surface area contributed by atoms with E-state index in [9.17, 15) is 4.79 Å². The third kappa shape index (κ3) is 3.98. The molecule has 0 aliphatic heterocycles. The summed E-state index contributed by atoms with van der Waals surface area (Å²) >= 11 is 1.63. The minimum atomic E-state index is 0.